The van der Waals surface area contributed by atoms with E-state index in [4.69, 9.17) is 0 Å². The maximum atomic E-state index is 12.4. The molecule has 140 valence electrons. The summed E-state index contributed by atoms with van der Waals surface area (Å²) in [6, 6.07) is 9.42. The molecule has 0 aliphatic carbocycles. The summed E-state index contributed by atoms with van der Waals surface area (Å²) in [5.41, 5.74) is 3.31. The minimum atomic E-state index is -0.126. The lowest BCUT2D eigenvalue weighted by Gasteiger charge is -2.06. The fourth-order valence-corrected chi connectivity index (χ4v) is 3.85. The number of nitrogens with zero attached hydrogens (tertiary/aromatic N) is 4. The highest BCUT2D eigenvalue weighted by Crippen LogP contribution is 2.24. The molecule has 0 saturated heterocycles. The van der Waals surface area contributed by atoms with Crippen molar-refractivity contribution in [3.63, 3.8) is 0 Å². The number of anilines is 3. The van der Waals surface area contributed by atoms with Gasteiger partial charge in [-0.05, 0) is 25.1 Å². The van der Waals surface area contributed by atoms with Crippen LogP contribution in [0.25, 0.3) is 11.3 Å². The molecule has 7 nitrogen and oxygen atoms in total. The molecule has 4 rings (SSSR count). The van der Waals surface area contributed by atoms with Crippen molar-refractivity contribution in [3.8, 4) is 11.3 Å². The average Bonchev–Trinajstić information content (AvgIpc) is 3.32. The molecule has 28 heavy (non-hydrogen) atoms. The van der Waals surface area contributed by atoms with E-state index in [0.717, 1.165) is 22.0 Å². The number of rotatable bonds is 6. The smallest absolute Gasteiger partial charge is 0.230 e. The summed E-state index contributed by atoms with van der Waals surface area (Å²) in [6.07, 6.45) is 3.49. The first-order chi connectivity index (χ1) is 13.7. The highest BCUT2D eigenvalue weighted by molar-refractivity contribution is 7.13. The zero-order chi connectivity index (χ0) is 19.3. The molecule has 0 unspecified atom stereocenters. The Labute approximate surface area is 169 Å². The van der Waals surface area contributed by atoms with E-state index in [1.807, 2.05) is 41.9 Å². The van der Waals surface area contributed by atoms with Crippen molar-refractivity contribution < 1.29 is 4.79 Å². The van der Waals surface area contributed by atoms with Gasteiger partial charge in [-0.25, -0.2) is 19.9 Å². The van der Waals surface area contributed by atoms with Crippen molar-refractivity contribution in [2.24, 2.45) is 0 Å². The number of carbonyl (C=O) groups is 1. The number of amides is 1. The maximum absolute atomic E-state index is 12.4. The summed E-state index contributed by atoms with van der Waals surface area (Å²) < 4.78 is 0. The van der Waals surface area contributed by atoms with E-state index in [-0.39, 0.29) is 12.3 Å². The molecule has 2 N–H and O–H groups in total. The molecule has 1 aromatic carbocycles. The molecule has 3 aromatic heterocycles. The SMILES string of the molecule is Cc1nc(-c2cccc(NC(=O)Cc3csc(Nc4ncccn4)n3)c2)cs1. The zero-order valence-corrected chi connectivity index (χ0v) is 16.5. The summed E-state index contributed by atoms with van der Waals surface area (Å²) in [5, 5.41) is 11.5. The van der Waals surface area contributed by atoms with Crippen molar-refractivity contribution in [3.05, 3.63) is 64.2 Å². The van der Waals surface area contributed by atoms with Crippen LogP contribution in [0.2, 0.25) is 0 Å². The van der Waals surface area contributed by atoms with Crippen molar-refractivity contribution >= 4 is 45.3 Å². The van der Waals surface area contributed by atoms with Gasteiger partial charge in [0.15, 0.2) is 5.13 Å². The van der Waals surface area contributed by atoms with E-state index in [1.165, 1.54) is 11.3 Å². The number of nitrogens with one attached hydrogen (secondary N) is 2. The number of carbonyl (C=O) groups excluding carboxylic acids is 1. The van der Waals surface area contributed by atoms with Gasteiger partial charge in [-0.2, -0.15) is 0 Å². The van der Waals surface area contributed by atoms with E-state index in [0.29, 0.717) is 16.8 Å². The maximum Gasteiger partial charge on any atom is 0.230 e. The van der Waals surface area contributed by atoms with Gasteiger partial charge in [0, 0.05) is 34.4 Å². The lowest BCUT2D eigenvalue weighted by molar-refractivity contribution is -0.115. The highest BCUT2D eigenvalue weighted by atomic mass is 32.1. The van der Waals surface area contributed by atoms with Crippen LogP contribution >= 0.6 is 22.7 Å². The normalized spacial score (nSPS) is 10.6. The summed E-state index contributed by atoms with van der Waals surface area (Å²) in [6.45, 7) is 1.97. The lowest BCUT2D eigenvalue weighted by Crippen LogP contribution is -2.14. The molecular weight excluding hydrogens is 392 g/mol. The largest absolute Gasteiger partial charge is 0.326 e. The van der Waals surface area contributed by atoms with Crippen molar-refractivity contribution in [2.45, 2.75) is 13.3 Å². The molecule has 0 aliphatic rings. The third-order valence-corrected chi connectivity index (χ3v) is 5.32. The van der Waals surface area contributed by atoms with Crippen LogP contribution in [0.1, 0.15) is 10.7 Å². The molecular formula is C19H16N6OS2. The first-order valence-electron chi connectivity index (χ1n) is 8.46. The topological polar surface area (TPSA) is 92.7 Å². The van der Waals surface area contributed by atoms with Gasteiger partial charge in [0.2, 0.25) is 11.9 Å². The molecule has 0 aliphatic heterocycles. The van der Waals surface area contributed by atoms with Gasteiger partial charge in [0.05, 0.1) is 22.8 Å². The second-order valence-electron chi connectivity index (χ2n) is 5.90. The van der Waals surface area contributed by atoms with Crippen molar-refractivity contribution in [1.29, 1.82) is 0 Å². The quantitative estimate of drug-likeness (QED) is 0.494. The van der Waals surface area contributed by atoms with Crippen LogP contribution in [0.15, 0.2) is 53.5 Å². The Morgan fingerprint density at radius 2 is 1.93 bits per heavy atom. The van der Waals surface area contributed by atoms with Crippen LogP contribution in [0, 0.1) is 6.92 Å². The standard InChI is InChI=1S/C19H16N6OS2/c1-12-22-16(11-27-12)13-4-2-5-14(8-13)23-17(26)9-15-10-28-19(24-15)25-18-20-6-3-7-21-18/h2-8,10-11H,9H2,1H3,(H,23,26)(H,20,21,24,25). The Kier molecular flexibility index (Phi) is 5.36. The zero-order valence-electron chi connectivity index (χ0n) is 14.9. The predicted molar refractivity (Wildman–Crippen MR) is 112 cm³/mol. The van der Waals surface area contributed by atoms with Crippen LogP contribution in [-0.2, 0) is 11.2 Å². The average molecular weight is 409 g/mol. The number of aryl methyl sites for hydroxylation is 1. The van der Waals surface area contributed by atoms with Crippen LogP contribution in [-0.4, -0.2) is 25.8 Å². The fraction of sp³-hybridized carbons (Fsp3) is 0.105. The monoisotopic (exact) mass is 408 g/mol. The van der Waals surface area contributed by atoms with Gasteiger partial charge in [0.25, 0.3) is 0 Å². The number of thiazole rings is 2. The molecule has 0 saturated carbocycles. The first-order valence-corrected chi connectivity index (χ1v) is 10.2. The first kappa shape index (κ1) is 18.2. The van der Waals surface area contributed by atoms with E-state index in [1.54, 1.807) is 29.8 Å². The van der Waals surface area contributed by atoms with Crippen LogP contribution in [0.4, 0.5) is 16.8 Å². The number of hydrogen-bond donors (Lipinski definition) is 2. The Morgan fingerprint density at radius 1 is 1.07 bits per heavy atom. The molecule has 0 fully saturated rings. The Hall–Kier alpha value is -3.17. The summed E-state index contributed by atoms with van der Waals surface area (Å²) in [7, 11) is 0. The number of aromatic nitrogens is 4. The predicted octanol–water partition coefficient (Wildman–Crippen LogP) is 4.29. The van der Waals surface area contributed by atoms with Crippen LogP contribution in [0.3, 0.4) is 0 Å². The van der Waals surface area contributed by atoms with E-state index >= 15 is 0 Å². The third-order valence-electron chi connectivity index (χ3n) is 3.74. The lowest BCUT2D eigenvalue weighted by atomic mass is 10.1. The number of benzene rings is 1. The van der Waals surface area contributed by atoms with Gasteiger partial charge >= 0.3 is 0 Å². The van der Waals surface area contributed by atoms with Gasteiger partial charge < -0.3 is 10.6 Å². The van der Waals surface area contributed by atoms with Gasteiger partial charge in [-0.3, -0.25) is 4.79 Å². The van der Waals surface area contributed by atoms with E-state index < -0.39 is 0 Å². The summed E-state index contributed by atoms with van der Waals surface area (Å²) in [4.78, 5) is 29.5. The van der Waals surface area contributed by atoms with Crippen LogP contribution in [0.5, 0.6) is 0 Å². The van der Waals surface area contributed by atoms with E-state index in [2.05, 4.69) is 30.6 Å². The van der Waals surface area contributed by atoms with E-state index in [9.17, 15) is 4.79 Å². The third kappa shape index (κ3) is 4.56. The molecule has 0 spiro atoms. The fourth-order valence-electron chi connectivity index (χ4n) is 2.53. The summed E-state index contributed by atoms with van der Waals surface area (Å²) >= 11 is 3.01. The Morgan fingerprint density at radius 3 is 2.71 bits per heavy atom. The second-order valence-corrected chi connectivity index (χ2v) is 7.82. The molecule has 3 heterocycles. The molecule has 0 atom stereocenters. The minimum absolute atomic E-state index is 0.126. The molecule has 4 aromatic rings. The highest BCUT2D eigenvalue weighted by Gasteiger charge is 2.10. The Balaban J connectivity index is 1.38. The Bertz CT molecular complexity index is 1090. The van der Waals surface area contributed by atoms with Gasteiger partial charge in [-0.15, -0.1) is 22.7 Å². The molecule has 0 radical (unpaired) electrons. The minimum Gasteiger partial charge on any atom is -0.326 e. The van der Waals surface area contributed by atoms with Gasteiger partial charge in [0.1, 0.15) is 0 Å². The number of hydrogen-bond acceptors (Lipinski definition) is 8. The van der Waals surface area contributed by atoms with Gasteiger partial charge in [-0.1, -0.05) is 12.1 Å². The van der Waals surface area contributed by atoms with Crippen molar-refractivity contribution in [1.82, 2.24) is 19.9 Å². The molecule has 1 amide bonds. The molecule has 0 bridgehead atoms. The summed E-state index contributed by atoms with van der Waals surface area (Å²) in [5.74, 6) is 0.348. The molecule has 9 heteroatoms. The van der Waals surface area contributed by atoms with Crippen molar-refractivity contribution in [2.75, 3.05) is 10.6 Å². The van der Waals surface area contributed by atoms with Crippen LogP contribution < -0.4 is 10.6 Å². The second kappa shape index (κ2) is 8.24.